The molecule has 1 saturated heterocycles. The molecule has 0 saturated carbocycles. The quantitative estimate of drug-likeness (QED) is 0.693. The Labute approximate surface area is 128 Å². The Kier molecular flexibility index (Phi) is 6.62. The summed E-state index contributed by atoms with van der Waals surface area (Å²) in [5.74, 6) is -0.120. The first-order chi connectivity index (χ1) is 9.79. The summed E-state index contributed by atoms with van der Waals surface area (Å²) in [5.41, 5.74) is 5.75. The standard InChI is InChI=1S/C14H29N3O3S/c1-4-10-21(19,20)17-9-7-8-12(17)13(18)16-11-14(15,5-2)6-3/h12H,4-11,15H2,1-3H3,(H,16,18). The topological polar surface area (TPSA) is 92.5 Å². The third kappa shape index (κ3) is 4.66. The van der Waals surface area contributed by atoms with Gasteiger partial charge in [0, 0.05) is 18.6 Å². The fourth-order valence-electron chi connectivity index (χ4n) is 2.59. The van der Waals surface area contributed by atoms with Gasteiger partial charge in [0.05, 0.1) is 5.75 Å². The Hall–Kier alpha value is -0.660. The highest BCUT2D eigenvalue weighted by atomic mass is 32.2. The molecule has 1 atom stereocenters. The summed E-state index contributed by atoms with van der Waals surface area (Å²) in [7, 11) is -3.33. The summed E-state index contributed by atoms with van der Waals surface area (Å²) in [6.07, 6.45) is 3.42. The molecule has 0 bridgehead atoms. The van der Waals surface area contributed by atoms with Crippen molar-refractivity contribution in [3.63, 3.8) is 0 Å². The van der Waals surface area contributed by atoms with Crippen molar-refractivity contribution in [1.29, 1.82) is 0 Å². The van der Waals surface area contributed by atoms with Crippen LogP contribution in [-0.2, 0) is 14.8 Å². The largest absolute Gasteiger partial charge is 0.353 e. The van der Waals surface area contributed by atoms with E-state index in [1.807, 2.05) is 20.8 Å². The highest BCUT2D eigenvalue weighted by molar-refractivity contribution is 7.89. The smallest absolute Gasteiger partial charge is 0.238 e. The van der Waals surface area contributed by atoms with Crippen molar-refractivity contribution < 1.29 is 13.2 Å². The van der Waals surface area contributed by atoms with E-state index >= 15 is 0 Å². The number of hydrogen-bond acceptors (Lipinski definition) is 4. The first-order valence-electron chi connectivity index (χ1n) is 7.85. The average Bonchev–Trinajstić information content (AvgIpc) is 2.94. The minimum atomic E-state index is -3.33. The van der Waals surface area contributed by atoms with E-state index in [1.165, 1.54) is 4.31 Å². The number of carbonyl (C=O) groups excluding carboxylic acids is 1. The van der Waals surface area contributed by atoms with Gasteiger partial charge < -0.3 is 11.1 Å². The van der Waals surface area contributed by atoms with Gasteiger partial charge in [-0.15, -0.1) is 0 Å². The van der Waals surface area contributed by atoms with Crippen LogP contribution in [0.15, 0.2) is 0 Å². The lowest BCUT2D eigenvalue weighted by atomic mass is 9.94. The van der Waals surface area contributed by atoms with Crippen molar-refractivity contribution in [2.24, 2.45) is 5.73 Å². The second-order valence-electron chi connectivity index (χ2n) is 5.87. The van der Waals surface area contributed by atoms with Crippen molar-refractivity contribution >= 4 is 15.9 Å². The molecule has 3 N–H and O–H groups in total. The third-order valence-electron chi connectivity index (χ3n) is 4.35. The molecule has 1 fully saturated rings. The molecule has 1 aliphatic rings. The molecule has 6 nitrogen and oxygen atoms in total. The molecule has 21 heavy (non-hydrogen) atoms. The van der Waals surface area contributed by atoms with Gasteiger partial charge in [0.2, 0.25) is 15.9 Å². The number of hydrogen-bond donors (Lipinski definition) is 2. The lowest BCUT2D eigenvalue weighted by Gasteiger charge is -2.29. The highest BCUT2D eigenvalue weighted by Crippen LogP contribution is 2.22. The van der Waals surface area contributed by atoms with Crippen molar-refractivity contribution in [1.82, 2.24) is 9.62 Å². The minimum absolute atomic E-state index is 0.0987. The number of rotatable bonds is 8. The van der Waals surface area contributed by atoms with Crippen molar-refractivity contribution in [2.45, 2.75) is 64.5 Å². The number of nitrogens with zero attached hydrogens (tertiary/aromatic N) is 1. The van der Waals surface area contributed by atoms with Gasteiger partial charge in [-0.1, -0.05) is 20.8 Å². The van der Waals surface area contributed by atoms with Crippen LogP contribution in [-0.4, -0.2) is 49.1 Å². The van der Waals surface area contributed by atoms with Crippen LogP contribution in [0.1, 0.15) is 52.9 Å². The van der Waals surface area contributed by atoms with Gasteiger partial charge in [-0.05, 0) is 32.1 Å². The summed E-state index contributed by atoms with van der Waals surface area (Å²) in [4.78, 5) is 12.3. The molecule has 0 aromatic heterocycles. The second-order valence-corrected chi connectivity index (χ2v) is 7.91. The maximum Gasteiger partial charge on any atom is 0.238 e. The lowest BCUT2D eigenvalue weighted by molar-refractivity contribution is -0.124. The average molecular weight is 319 g/mol. The van der Waals surface area contributed by atoms with Crippen LogP contribution in [0.2, 0.25) is 0 Å². The first kappa shape index (κ1) is 18.4. The van der Waals surface area contributed by atoms with Crippen LogP contribution in [0.3, 0.4) is 0 Å². The number of sulfonamides is 1. The van der Waals surface area contributed by atoms with E-state index in [1.54, 1.807) is 0 Å². The van der Waals surface area contributed by atoms with Gasteiger partial charge in [-0.2, -0.15) is 4.31 Å². The second kappa shape index (κ2) is 7.56. The number of carbonyl (C=O) groups is 1. The summed E-state index contributed by atoms with van der Waals surface area (Å²) in [5, 5.41) is 2.84. The molecule has 0 aliphatic carbocycles. The van der Waals surface area contributed by atoms with Crippen LogP contribution in [0.5, 0.6) is 0 Å². The normalized spacial score (nSPS) is 20.7. The van der Waals surface area contributed by atoms with E-state index in [9.17, 15) is 13.2 Å². The van der Waals surface area contributed by atoms with E-state index in [0.29, 0.717) is 25.9 Å². The van der Waals surface area contributed by atoms with Crippen LogP contribution in [0.25, 0.3) is 0 Å². The molecular weight excluding hydrogens is 290 g/mol. The summed E-state index contributed by atoms with van der Waals surface area (Å²) >= 11 is 0. The van der Waals surface area contributed by atoms with Crippen molar-refractivity contribution in [3.8, 4) is 0 Å². The number of nitrogens with two attached hydrogens (primary N) is 1. The van der Waals surface area contributed by atoms with Gasteiger partial charge in [0.1, 0.15) is 6.04 Å². The molecule has 0 spiro atoms. The molecule has 0 aromatic carbocycles. The van der Waals surface area contributed by atoms with E-state index in [2.05, 4.69) is 5.32 Å². The Morgan fingerprint density at radius 2 is 1.95 bits per heavy atom. The van der Waals surface area contributed by atoms with E-state index in [4.69, 9.17) is 5.73 Å². The molecule has 1 aliphatic heterocycles. The summed E-state index contributed by atoms with van der Waals surface area (Å²) in [6.45, 7) is 6.63. The maximum absolute atomic E-state index is 12.3. The first-order valence-corrected chi connectivity index (χ1v) is 9.46. The van der Waals surface area contributed by atoms with E-state index in [-0.39, 0.29) is 11.7 Å². The van der Waals surface area contributed by atoms with Gasteiger partial charge in [0.25, 0.3) is 0 Å². The van der Waals surface area contributed by atoms with Crippen LogP contribution in [0, 0.1) is 0 Å². The van der Waals surface area contributed by atoms with Crippen LogP contribution in [0.4, 0.5) is 0 Å². The van der Waals surface area contributed by atoms with Crippen molar-refractivity contribution in [3.05, 3.63) is 0 Å². The summed E-state index contributed by atoms with van der Waals surface area (Å²) < 4.78 is 25.7. The molecule has 1 unspecified atom stereocenters. The predicted molar refractivity (Wildman–Crippen MR) is 84.3 cm³/mol. The Morgan fingerprint density at radius 3 is 2.48 bits per heavy atom. The van der Waals surface area contributed by atoms with Crippen LogP contribution >= 0.6 is 0 Å². The molecule has 0 radical (unpaired) electrons. The molecule has 7 heteroatoms. The molecule has 1 amide bonds. The SMILES string of the molecule is CCCS(=O)(=O)N1CCCC1C(=O)NCC(N)(CC)CC. The molecule has 1 heterocycles. The van der Waals surface area contributed by atoms with Gasteiger partial charge in [0.15, 0.2) is 0 Å². The Bertz CT molecular complexity index is 446. The minimum Gasteiger partial charge on any atom is -0.353 e. The Balaban J connectivity index is 2.69. The number of amides is 1. The molecule has 124 valence electrons. The molecular formula is C14H29N3O3S. The third-order valence-corrected chi connectivity index (χ3v) is 6.42. The summed E-state index contributed by atoms with van der Waals surface area (Å²) in [6, 6.07) is -0.570. The van der Waals surface area contributed by atoms with Crippen molar-refractivity contribution in [2.75, 3.05) is 18.8 Å². The zero-order chi connectivity index (χ0) is 16.1. The zero-order valence-electron chi connectivity index (χ0n) is 13.4. The van der Waals surface area contributed by atoms with E-state index < -0.39 is 21.6 Å². The fourth-order valence-corrected chi connectivity index (χ4v) is 4.34. The molecule has 1 rings (SSSR count). The monoisotopic (exact) mass is 319 g/mol. The van der Waals surface area contributed by atoms with Crippen LogP contribution < -0.4 is 11.1 Å². The van der Waals surface area contributed by atoms with Gasteiger partial charge in [-0.25, -0.2) is 8.42 Å². The van der Waals surface area contributed by atoms with Gasteiger partial charge >= 0.3 is 0 Å². The Morgan fingerprint density at radius 1 is 1.33 bits per heavy atom. The molecule has 0 aromatic rings. The maximum atomic E-state index is 12.3. The lowest BCUT2D eigenvalue weighted by Crippen LogP contribution is -2.53. The van der Waals surface area contributed by atoms with E-state index in [0.717, 1.165) is 19.3 Å². The highest BCUT2D eigenvalue weighted by Gasteiger charge is 2.38. The fraction of sp³-hybridized carbons (Fsp3) is 0.929. The predicted octanol–water partition coefficient (Wildman–Crippen LogP) is 0.824. The number of nitrogens with one attached hydrogen (secondary N) is 1. The van der Waals surface area contributed by atoms with Gasteiger partial charge in [-0.3, -0.25) is 4.79 Å². The zero-order valence-corrected chi connectivity index (χ0v) is 14.2.